The predicted octanol–water partition coefficient (Wildman–Crippen LogP) is 3.87. The fraction of sp³-hybridized carbons (Fsp3) is 0.462. The summed E-state index contributed by atoms with van der Waals surface area (Å²) >= 11 is 1.47. The molecule has 2 fully saturated rings. The number of thiophene rings is 1. The van der Waals surface area contributed by atoms with E-state index in [4.69, 9.17) is 0 Å². The molecule has 3 N–H and O–H groups in total. The van der Waals surface area contributed by atoms with Gasteiger partial charge in [-0.25, -0.2) is 4.98 Å². The second kappa shape index (κ2) is 8.29. The molecule has 3 aliphatic rings. The van der Waals surface area contributed by atoms with Crippen molar-refractivity contribution >= 4 is 38.8 Å². The second-order valence-corrected chi connectivity index (χ2v) is 10.8. The first-order valence-corrected chi connectivity index (χ1v) is 12.9. The number of carbonyl (C=O) groups excluding carboxylic acids is 1. The highest BCUT2D eigenvalue weighted by Crippen LogP contribution is 2.35. The van der Waals surface area contributed by atoms with Crippen LogP contribution in [0.1, 0.15) is 45.8 Å². The fourth-order valence-electron chi connectivity index (χ4n) is 5.80. The molecule has 6 nitrogen and oxygen atoms in total. The quantitative estimate of drug-likeness (QED) is 0.550. The van der Waals surface area contributed by atoms with Gasteiger partial charge in [0.05, 0.1) is 5.69 Å². The molecule has 1 aliphatic carbocycles. The number of piperazine rings is 1. The van der Waals surface area contributed by atoms with E-state index in [9.17, 15) is 4.79 Å². The summed E-state index contributed by atoms with van der Waals surface area (Å²) in [6, 6.07) is 12.5. The van der Waals surface area contributed by atoms with Crippen LogP contribution in [0.4, 0.5) is 11.4 Å². The van der Waals surface area contributed by atoms with Crippen molar-refractivity contribution in [3.05, 3.63) is 52.0 Å². The number of carbonyl (C=O) groups is 1. The monoisotopic (exact) mass is 461 g/mol. The maximum Gasteiger partial charge on any atom is 0.263 e. The molecular weight excluding hydrogens is 430 g/mol. The van der Waals surface area contributed by atoms with Crippen LogP contribution in [0.15, 0.2) is 30.3 Å². The molecule has 0 radical (unpaired) electrons. The SMILES string of the molecule is CNc1c(C(=O)NC2CCc3cc(N4CC5CCC(C4)N5)ccc3C2)sc2nc(C)ccc12. The first-order valence-electron chi connectivity index (χ1n) is 12.1. The molecule has 3 atom stereocenters. The van der Waals surface area contributed by atoms with Gasteiger partial charge in [0.25, 0.3) is 5.91 Å². The van der Waals surface area contributed by atoms with E-state index in [1.807, 2.05) is 20.0 Å². The molecular formula is C26H31N5OS. The Morgan fingerprint density at radius 3 is 2.73 bits per heavy atom. The van der Waals surface area contributed by atoms with E-state index in [1.54, 1.807) is 0 Å². The summed E-state index contributed by atoms with van der Waals surface area (Å²) in [5.41, 5.74) is 6.03. The lowest BCUT2D eigenvalue weighted by atomic mass is 9.87. The van der Waals surface area contributed by atoms with Crippen LogP contribution in [0, 0.1) is 6.92 Å². The minimum absolute atomic E-state index is 0.00126. The highest BCUT2D eigenvalue weighted by molar-refractivity contribution is 7.21. The first kappa shape index (κ1) is 20.9. The summed E-state index contributed by atoms with van der Waals surface area (Å²) in [4.78, 5) is 22.0. The lowest BCUT2D eigenvalue weighted by Gasteiger charge is -2.35. The number of aryl methyl sites for hydroxylation is 2. The summed E-state index contributed by atoms with van der Waals surface area (Å²) < 4.78 is 0. The molecule has 1 aromatic carbocycles. The van der Waals surface area contributed by atoms with E-state index in [0.29, 0.717) is 12.1 Å². The third-order valence-corrected chi connectivity index (χ3v) is 8.58. The summed E-state index contributed by atoms with van der Waals surface area (Å²) in [5.74, 6) is 0.00126. The molecule has 172 valence electrons. The third-order valence-electron chi connectivity index (χ3n) is 7.49. The molecule has 4 heterocycles. The zero-order valence-electron chi connectivity index (χ0n) is 19.3. The van der Waals surface area contributed by atoms with Gasteiger partial charge in [-0.2, -0.15) is 0 Å². The highest BCUT2D eigenvalue weighted by atomic mass is 32.1. The molecule has 2 aromatic heterocycles. The predicted molar refractivity (Wildman–Crippen MR) is 136 cm³/mol. The van der Waals surface area contributed by atoms with Crippen molar-refractivity contribution in [3.63, 3.8) is 0 Å². The van der Waals surface area contributed by atoms with Crippen molar-refractivity contribution in [2.75, 3.05) is 30.4 Å². The molecule has 6 rings (SSSR count). The third kappa shape index (κ3) is 3.87. The smallest absolute Gasteiger partial charge is 0.263 e. The molecule has 1 amide bonds. The van der Waals surface area contributed by atoms with Crippen LogP contribution in [0.2, 0.25) is 0 Å². The summed E-state index contributed by atoms with van der Waals surface area (Å²) in [6.45, 7) is 4.21. The minimum Gasteiger partial charge on any atom is -0.386 e. The Kier molecular flexibility index (Phi) is 5.26. The van der Waals surface area contributed by atoms with Gasteiger partial charge in [0.15, 0.2) is 0 Å². The number of rotatable bonds is 4. The van der Waals surface area contributed by atoms with Crippen LogP contribution < -0.4 is 20.9 Å². The highest BCUT2D eigenvalue weighted by Gasteiger charge is 2.32. The van der Waals surface area contributed by atoms with Crippen molar-refractivity contribution in [1.29, 1.82) is 0 Å². The maximum absolute atomic E-state index is 13.2. The van der Waals surface area contributed by atoms with Crippen LogP contribution >= 0.6 is 11.3 Å². The average molecular weight is 462 g/mol. The molecule has 7 heteroatoms. The van der Waals surface area contributed by atoms with E-state index in [0.717, 1.165) is 58.8 Å². The number of amides is 1. The fourth-order valence-corrected chi connectivity index (χ4v) is 6.93. The van der Waals surface area contributed by atoms with Gasteiger partial charge in [0.1, 0.15) is 9.71 Å². The van der Waals surface area contributed by atoms with E-state index in [2.05, 4.69) is 50.1 Å². The molecule has 3 unspecified atom stereocenters. The minimum atomic E-state index is 0.00126. The molecule has 3 aromatic rings. The summed E-state index contributed by atoms with van der Waals surface area (Å²) in [7, 11) is 1.87. The largest absolute Gasteiger partial charge is 0.386 e. The van der Waals surface area contributed by atoms with Crippen LogP contribution in [-0.2, 0) is 12.8 Å². The number of hydrogen-bond acceptors (Lipinski definition) is 6. The zero-order valence-corrected chi connectivity index (χ0v) is 20.1. The van der Waals surface area contributed by atoms with Gasteiger partial charge in [-0.15, -0.1) is 11.3 Å². The molecule has 33 heavy (non-hydrogen) atoms. The van der Waals surface area contributed by atoms with Gasteiger partial charge < -0.3 is 20.9 Å². The number of anilines is 2. The van der Waals surface area contributed by atoms with Gasteiger partial charge in [-0.3, -0.25) is 4.79 Å². The van der Waals surface area contributed by atoms with Crippen molar-refractivity contribution < 1.29 is 4.79 Å². The Balaban J connectivity index is 1.17. The van der Waals surface area contributed by atoms with Gasteiger partial charge in [0.2, 0.25) is 0 Å². The van der Waals surface area contributed by atoms with Crippen molar-refractivity contribution in [2.45, 2.75) is 57.2 Å². The van der Waals surface area contributed by atoms with Gasteiger partial charge in [0, 0.05) is 55.0 Å². The zero-order chi connectivity index (χ0) is 22.5. The number of aromatic nitrogens is 1. The summed E-state index contributed by atoms with van der Waals surface area (Å²) in [5, 5.41) is 11.3. The van der Waals surface area contributed by atoms with Gasteiger partial charge in [-0.05, 0) is 74.4 Å². The molecule has 2 saturated heterocycles. The molecule has 0 saturated carbocycles. The normalized spacial score (nSPS) is 24.1. The van der Waals surface area contributed by atoms with E-state index in [1.165, 1.54) is 41.0 Å². The first-order chi connectivity index (χ1) is 16.1. The van der Waals surface area contributed by atoms with E-state index in [-0.39, 0.29) is 11.9 Å². The van der Waals surface area contributed by atoms with Gasteiger partial charge in [-0.1, -0.05) is 6.07 Å². The van der Waals surface area contributed by atoms with Crippen molar-refractivity contribution in [2.24, 2.45) is 0 Å². The standard InChI is InChI=1S/C26H31N5OS/c1-15-3-10-22-23(27-2)24(33-26(22)28-15)25(32)30-18-6-4-17-12-21(9-5-16(17)11-18)31-13-19-7-8-20(14-31)29-19/h3,5,9-10,12,18-20,27,29H,4,6-8,11,13-14H2,1-2H3,(H,30,32). The van der Waals surface area contributed by atoms with Crippen molar-refractivity contribution in [3.8, 4) is 0 Å². The number of nitrogens with one attached hydrogen (secondary N) is 3. The van der Waals surface area contributed by atoms with Crippen LogP contribution in [0.5, 0.6) is 0 Å². The number of hydrogen-bond donors (Lipinski definition) is 3. The number of fused-ring (bicyclic) bond motifs is 4. The van der Waals surface area contributed by atoms with Crippen LogP contribution in [-0.4, -0.2) is 49.2 Å². The number of benzene rings is 1. The Hall–Kier alpha value is -2.64. The summed E-state index contributed by atoms with van der Waals surface area (Å²) in [6.07, 6.45) is 5.49. The average Bonchev–Trinajstić information content (AvgIpc) is 3.36. The molecule has 2 bridgehead atoms. The lowest BCUT2D eigenvalue weighted by Crippen LogP contribution is -2.51. The molecule has 2 aliphatic heterocycles. The van der Waals surface area contributed by atoms with Gasteiger partial charge >= 0.3 is 0 Å². The van der Waals surface area contributed by atoms with Crippen LogP contribution in [0.3, 0.4) is 0 Å². The molecule has 0 spiro atoms. The Morgan fingerprint density at radius 2 is 1.94 bits per heavy atom. The van der Waals surface area contributed by atoms with Crippen LogP contribution in [0.25, 0.3) is 10.2 Å². The van der Waals surface area contributed by atoms with E-state index >= 15 is 0 Å². The topological polar surface area (TPSA) is 69.3 Å². The number of pyridine rings is 1. The lowest BCUT2D eigenvalue weighted by molar-refractivity contribution is 0.0938. The Bertz CT molecular complexity index is 1210. The second-order valence-electron chi connectivity index (χ2n) is 9.77. The van der Waals surface area contributed by atoms with E-state index < -0.39 is 0 Å². The maximum atomic E-state index is 13.2. The Labute approximate surface area is 198 Å². The Morgan fingerprint density at radius 1 is 1.12 bits per heavy atom. The number of nitrogens with zero attached hydrogens (tertiary/aromatic N) is 2. The van der Waals surface area contributed by atoms with Crippen molar-refractivity contribution in [1.82, 2.24) is 15.6 Å².